The number of unbranched alkanes of at least 4 members (excludes halogenated alkanes) is 1. The molecule has 10 heteroatoms. The predicted molar refractivity (Wildman–Crippen MR) is 128 cm³/mol. The number of halogens is 1. The molecule has 0 saturated carbocycles. The molecule has 0 radical (unpaired) electrons. The van der Waals surface area contributed by atoms with E-state index in [0.717, 1.165) is 19.4 Å². The zero-order valence-corrected chi connectivity index (χ0v) is 19.9. The fraction of sp³-hybridized carbons (Fsp3) is 0.292. The van der Waals surface area contributed by atoms with E-state index < -0.39 is 22.7 Å². The topological polar surface area (TPSA) is 93.5 Å². The Hall–Kier alpha value is -3.37. The molecule has 3 rings (SSSR count). The first kappa shape index (κ1) is 25.3. The second-order valence-electron chi connectivity index (χ2n) is 7.87. The maximum atomic E-state index is 13.5. The summed E-state index contributed by atoms with van der Waals surface area (Å²) in [4.78, 5) is 26.7. The van der Waals surface area contributed by atoms with E-state index in [-0.39, 0.29) is 22.0 Å². The van der Waals surface area contributed by atoms with E-state index in [1.807, 2.05) is 14.1 Å². The summed E-state index contributed by atoms with van der Waals surface area (Å²) in [7, 11) is 2.24. The van der Waals surface area contributed by atoms with Crippen LogP contribution >= 0.6 is 0 Å². The van der Waals surface area contributed by atoms with E-state index in [0.29, 0.717) is 17.9 Å². The lowest BCUT2D eigenvalue weighted by molar-refractivity contribution is 0.158. The minimum Gasteiger partial charge on any atom is -0.449 e. The number of anilines is 1. The van der Waals surface area contributed by atoms with E-state index in [9.17, 15) is 18.2 Å². The van der Waals surface area contributed by atoms with Crippen molar-refractivity contribution >= 4 is 22.6 Å². The van der Waals surface area contributed by atoms with E-state index in [4.69, 9.17) is 4.74 Å². The summed E-state index contributed by atoms with van der Waals surface area (Å²) in [6.07, 6.45) is 1.15. The van der Waals surface area contributed by atoms with E-state index in [2.05, 4.69) is 15.3 Å². The van der Waals surface area contributed by atoms with E-state index >= 15 is 0 Å². The van der Waals surface area contributed by atoms with Gasteiger partial charge in [0.05, 0.1) is 13.2 Å². The highest BCUT2D eigenvalue weighted by atomic mass is 32.2. The van der Waals surface area contributed by atoms with Gasteiger partial charge in [-0.05, 0) is 75.4 Å². The van der Waals surface area contributed by atoms with Crippen LogP contribution < -0.4 is 10.9 Å². The van der Waals surface area contributed by atoms with Gasteiger partial charge in [0.2, 0.25) is 0 Å². The predicted octanol–water partition coefficient (Wildman–Crippen LogP) is 3.49. The molecule has 1 amide bonds. The number of nitrogens with zero attached hydrogens (tertiary/aromatic N) is 3. The van der Waals surface area contributed by atoms with Gasteiger partial charge in [-0.3, -0.25) is 10.1 Å². The van der Waals surface area contributed by atoms with Crippen molar-refractivity contribution in [2.45, 2.75) is 29.3 Å². The lowest BCUT2D eigenvalue weighted by Crippen LogP contribution is -2.24. The van der Waals surface area contributed by atoms with E-state index in [1.54, 1.807) is 24.3 Å². The van der Waals surface area contributed by atoms with Crippen molar-refractivity contribution in [2.24, 2.45) is 0 Å². The molecule has 180 valence electrons. The molecule has 0 aliphatic heterocycles. The molecule has 1 atom stereocenters. The third-order valence-corrected chi connectivity index (χ3v) is 6.06. The number of nitrogens with one attached hydrogen (secondary N) is 1. The molecule has 0 bridgehead atoms. The summed E-state index contributed by atoms with van der Waals surface area (Å²) < 4.78 is 32.6. The number of ether oxygens (including phenoxy) is 1. The Morgan fingerprint density at radius 1 is 1.12 bits per heavy atom. The number of rotatable bonds is 10. The smallest absolute Gasteiger partial charge is 0.411 e. The van der Waals surface area contributed by atoms with Crippen LogP contribution in [0, 0.1) is 5.82 Å². The molecule has 34 heavy (non-hydrogen) atoms. The Morgan fingerprint density at radius 3 is 2.68 bits per heavy atom. The summed E-state index contributed by atoms with van der Waals surface area (Å²) in [5.41, 5.74) is 0.839. The monoisotopic (exact) mass is 486 g/mol. The lowest BCUT2D eigenvalue weighted by atomic mass is 10.2. The van der Waals surface area contributed by atoms with Crippen molar-refractivity contribution in [1.29, 1.82) is 0 Å². The van der Waals surface area contributed by atoms with Gasteiger partial charge >= 0.3 is 6.09 Å². The maximum Gasteiger partial charge on any atom is 0.411 e. The Kier molecular flexibility index (Phi) is 9.06. The number of benzene rings is 2. The Bertz CT molecular complexity index is 1220. The highest BCUT2D eigenvalue weighted by Crippen LogP contribution is 2.15. The molecule has 8 nitrogen and oxygen atoms in total. The Morgan fingerprint density at radius 2 is 1.91 bits per heavy atom. The van der Waals surface area contributed by atoms with Crippen LogP contribution in [0.3, 0.4) is 0 Å². The lowest BCUT2D eigenvalue weighted by Gasteiger charge is -2.11. The summed E-state index contributed by atoms with van der Waals surface area (Å²) in [5.74, 6) is -0.504. The molecule has 1 N–H and O–H groups in total. The van der Waals surface area contributed by atoms with Gasteiger partial charge in [0.15, 0.2) is 5.03 Å². The number of carbonyl (C=O) groups excluding carboxylic acids is 1. The molecule has 2 aromatic carbocycles. The van der Waals surface area contributed by atoms with Crippen LogP contribution in [0.2, 0.25) is 0 Å². The summed E-state index contributed by atoms with van der Waals surface area (Å²) in [6, 6.07) is 15.0. The van der Waals surface area contributed by atoms with Gasteiger partial charge in [-0.25, -0.2) is 18.1 Å². The first-order valence-corrected chi connectivity index (χ1v) is 11.9. The normalized spacial score (nSPS) is 11.9. The maximum absolute atomic E-state index is 13.5. The Balaban J connectivity index is 1.64. The molecule has 0 saturated heterocycles. The van der Waals surface area contributed by atoms with Gasteiger partial charge in [-0.15, -0.1) is 0 Å². The fourth-order valence-corrected chi connectivity index (χ4v) is 4.14. The minimum atomic E-state index is -1.74. The van der Waals surface area contributed by atoms with Crippen molar-refractivity contribution < 1.29 is 18.1 Å². The van der Waals surface area contributed by atoms with Gasteiger partial charge in [-0.2, -0.15) is 5.10 Å². The van der Waals surface area contributed by atoms with Crippen LogP contribution in [-0.2, 0) is 22.1 Å². The van der Waals surface area contributed by atoms with Crippen molar-refractivity contribution in [3.8, 4) is 0 Å². The van der Waals surface area contributed by atoms with Crippen molar-refractivity contribution in [3.63, 3.8) is 0 Å². The first-order chi connectivity index (χ1) is 16.3. The summed E-state index contributed by atoms with van der Waals surface area (Å²) >= 11 is 0. The molecule has 0 aliphatic rings. The largest absolute Gasteiger partial charge is 0.449 e. The first-order valence-electron chi connectivity index (χ1n) is 10.7. The van der Waals surface area contributed by atoms with Crippen molar-refractivity contribution in [3.05, 3.63) is 82.4 Å². The van der Waals surface area contributed by atoms with Gasteiger partial charge in [0.1, 0.15) is 16.6 Å². The zero-order chi connectivity index (χ0) is 24.5. The second kappa shape index (κ2) is 12.2. The highest BCUT2D eigenvalue weighted by Gasteiger charge is 2.12. The van der Waals surface area contributed by atoms with E-state index in [1.165, 1.54) is 41.1 Å². The number of amides is 1. The molecular weight excluding hydrogens is 459 g/mol. The molecule has 0 aliphatic carbocycles. The van der Waals surface area contributed by atoms with Crippen LogP contribution in [0.5, 0.6) is 0 Å². The van der Waals surface area contributed by atoms with Crippen LogP contribution in [-0.4, -0.2) is 52.2 Å². The minimum absolute atomic E-state index is 0.0993. The molecule has 3 aromatic rings. The summed E-state index contributed by atoms with van der Waals surface area (Å²) in [5, 5.41) is 7.01. The quantitative estimate of drug-likeness (QED) is 0.441. The fourth-order valence-electron chi connectivity index (χ4n) is 3.11. The number of carbonyl (C=O) groups is 1. The van der Waals surface area contributed by atoms with Crippen LogP contribution in [0.25, 0.3) is 0 Å². The second-order valence-corrected chi connectivity index (χ2v) is 9.29. The summed E-state index contributed by atoms with van der Waals surface area (Å²) in [6.45, 7) is 1.35. The van der Waals surface area contributed by atoms with Gasteiger partial charge in [0, 0.05) is 16.6 Å². The third-order valence-electron chi connectivity index (χ3n) is 4.78. The van der Waals surface area contributed by atoms with Crippen LogP contribution in [0.4, 0.5) is 14.9 Å². The highest BCUT2D eigenvalue weighted by molar-refractivity contribution is 7.85. The van der Waals surface area contributed by atoms with Crippen molar-refractivity contribution in [2.75, 3.05) is 32.6 Å². The molecule has 1 heterocycles. The molecule has 1 unspecified atom stereocenters. The standard InChI is InChI=1S/C24H27FN4O4S/c1-28(2)13-3-4-14-33-24(31)26-20-9-5-7-18(15-20)17-29-23(30)12-11-22(27-29)34(32)21-10-6-8-19(25)16-21/h5-12,15-16H,3-4,13-14,17H2,1-2H3,(H,26,31). The molecule has 0 spiro atoms. The van der Waals surface area contributed by atoms with Gasteiger partial charge < -0.3 is 9.64 Å². The molecule has 0 fully saturated rings. The van der Waals surface area contributed by atoms with Crippen LogP contribution in [0.1, 0.15) is 18.4 Å². The average molecular weight is 487 g/mol. The molecular formula is C24H27FN4O4S. The SMILES string of the molecule is CN(C)CCCCOC(=O)Nc1cccc(Cn2nc(S(=O)c3cccc(F)c3)ccc2=O)c1. The molecule has 1 aromatic heterocycles. The van der Waals surface area contributed by atoms with Gasteiger partial charge in [-0.1, -0.05) is 18.2 Å². The zero-order valence-electron chi connectivity index (χ0n) is 19.1. The number of hydrogen-bond donors (Lipinski definition) is 1. The number of hydrogen-bond acceptors (Lipinski definition) is 6. The third kappa shape index (κ3) is 7.60. The number of aromatic nitrogens is 2. The van der Waals surface area contributed by atoms with Gasteiger partial charge in [0.25, 0.3) is 5.56 Å². The average Bonchev–Trinajstić information content (AvgIpc) is 2.80. The van der Waals surface area contributed by atoms with Crippen molar-refractivity contribution in [1.82, 2.24) is 14.7 Å². The Labute approximate surface area is 199 Å². The van der Waals surface area contributed by atoms with Crippen LogP contribution in [0.15, 0.2) is 75.4 Å².